The molecule has 20 heavy (non-hydrogen) atoms. The molecule has 0 amide bonds. The van der Waals surface area contributed by atoms with E-state index in [1.165, 1.54) is 12.1 Å². The second kappa shape index (κ2) is 5.54. The quantitative estimate of drug-likeness (QED) is 0.791. The van der Waals surface area contributed by atoms with Gasteiger partial charge in [-0.05, 0) is 34.9 Å². The molecule has 0 bridgehead atoms. The maximum atomic E-state index is 11.1. The molecule has 0 saturated carbocycles. The Balaban J connectivity index is 2.55. The van der Waals surface area contributed by atoms with Crippen LogP contribution in [-0.4, -0.2) is 22.2 Å². The minimum absolute atomic E-state index is 0.226. The SMILES string of the molecule is NCc1cccc(-c2ccc(C(=O)O)c(C(=O)O)c2)c1. The zero-order valence-electron chi connectivity index (χ0n) is 10.5. The lowest BCUT2D eigenvalue weighted by Crippen LogP contribution is -2.08. The van der Waals surface area contributed by atoms with Gasteiger partial charge in [-0.3, -0.25) is 0 Å². The van der Waals surface area contributed by atoms with Crippen molar-refractivity contribution in [2.24, 2.45) is 5.73 Å². The third-order valence-electron chi connectivity index (χ3n) is 2.98. The van der Waals surface area contributed by atoms with Gasteiger partial charge in [-0.1, -0.05) is 24.3 Å². The highest BCUT2D eigenvalue weighted by molar-refractivity contribution is 6.02. The standard InChI is InChI=1S/C15H13NO4/c16-8-9-2-1-3-10(6-9)11-4-5-12(14(17)18)13(7-11)15(19)20/h1-7H,8,16H2,(H,17,18)(H,19,20). The molecule has 0 aliphatic heterocycles. The van der Waals surface area contributed by atoms with Crippen molar-refractivity contribution in [3.05, 3.63) is 59.2 Å². The predicted octanol–water partition coefficient (Wildman–Crippen LogP) is 2.21. The minimum Gasteiger partial charge on any atom is -0.478 e. The smallest absolute Gasteiger partial charge is 0.336 e. The van der Waals surface area contributed by atoms with Gasteiger partial charge in [-0.2, -0.15) is 0 Å². The average Bonchev–Trinajstić information content (AvgIpc) is 2.46. The normalized spacial score (nSPS) is 10.2. The van der Waals surface area contributed by atoms with Crippen molar-refractivity contribution < 1.29 is 19.8 Å². The Labute approximate surface area is 115 Å². The summed E-state index contributed by atoms with van der Waals surface area (Å²) in [5, 5.41) is 18.1. The summed E-state index contributed by atoms with van der Waals surface area (Å²) in [6, 6.07) is 11.6. The molecule has 2 rings (SSSR count). The van der Waals surface area contributed by atoms with Crippen LogP contribution in [0.25, 0.3) is 11.1 Å². The van der Waals surface area contributed by atoms with Gasteiger partial charge in [0.05, 0.1) is 11.1 Å². The summed E-state index contributed by atoms with van der Waals surface area (Å²) >= 11 is 0. The lowest BCUT2D eigenvalue weighted by atomic mass is 9.98. The van der Waals surface area contributed by atoms with E-state index in [1.54, 1.807) is 6.07 Å². The zero-order chi connectivity index (χ0) is 14.7. The van der Waals surface area contributed by atoms with Gasteiger partial charge in [-0.25, -0.2) is 9.59 Å². The van der Waals surface area contributed by atoms with Crippen molar-refractivity contribution in [1.82, 2.24) is 0 Å². The summed E-state index contributed by atoms with van der Waals surface area (Å²) < 4.78 is 0. The molecule has 4 N–H and O–H groups in total. The third kappa shape index (κ3) is 2.67. The predicted molar refractivity (Wildman–Crippen MR) is 73.7 cm³/mol. The molecule has 0 heterocycles. The number of aromatic carboxylic acids is 2. The van der Waals surface area contributed by atoms with Gasteiger partial charge in [-0.15, -0.1) is 0 Å². The van der Waals surface area contributed by atoms with Crippen LogP contribution in [0, 0.1) is 0 Å². The van der Waals surface area contributed by atoms with Crippen LogP contribution in [0.3, 0.4) is 0 Å². The van der Waals surface area contributed by atoms with Crippen molar-refractivity contribution in [2.45, 2.75) is 6.54 Å². The summed E-state index contributed by atoms with van der Waals surface area (Å²) in [6.45, 7) is 0.382. The van der Waals surface area contributed by atoms with E-state index < -0.39 is 11.9 Å². The molecule has 0 spiro atoms. The molecule has 0 aromatic heterocycles. The van der Waals surface area contributed by atoms with E-state index in [0.717, 1.165) is 11.1 Å². The highest BCUT2D eigenvalue weighted by Gasteiger charge is 2.16. The van der Waals surface area contributed by atoms with Crippen molar-refractivity contribution in [3.8, 4) is 11.1 Å². The fraction of sp³-hybridized carbons (Fsp3) is 0.0667. The van der Waals surface area contributed by atoms with Crippen LogP contribution in [0.15, 0.2) is 42.5 Å². The lowest BCUT2D eigenvalue weighted by molar-refractivity contribution is 0.0651. The summed E-state index contributed by atoms with van der Waals surface area (Å²) in [7, 11) is 0. The first-order chi connectivity index (χ1) is 9.52. The van der Waals surface area contributed by atoms with Crippen LogP contribution in [0.4, 0.5) is 0 Å². The number of carboxylic acids is 2. The molecule has 0 saturated heterocycles. The average molecular weight is 271 g/mol. The van der Waals surface area contributed by atoms with Gasteiger partial charge in [0.2, 0.25) is 0 Å². The number of nitrogens with two attached hydrogens (primary N) is 1. The van der Waals surface area contributed by atoms with Crippen molar-refractivity contribution in [1.29, 1.82) is 0 Å². The Hall–Kier alpha value is -2.66. The molecule has 0 atom stereocenters. The van der Waals surface area contributed by atoms with Gasteiger partial charge in [0.1, 0.15) is 0 Å². The van der Waals surface area contributed by atoms with Crippen LogP contribution in [-0.2, 0) is 6.54 Å². The Morgan fingerprint density at radius 1 is 0.900 bits per heavy atom. The highest BCUT2D eigenvalue weighted by Crippen LogP contribution is 2.24. The lowest BCUT2D eigenvalue weighted by Gasteiger charge is -2.07. The molecular formula is C15H13NO4. The molecule has 102 valence electrons. The number of hydrogen-bond donors (Lipinski definition) is 3. The maximum absolute atomic E-state index is 11.1. The van der Waals surface area contributed by atoms with Crippen LogP contribution < -0.4 is 5.73 Å². The molecular weight excluding hydrogens is 258 g/mol. The van der Waals surface area contributed by atoms with Crippen LogP contribution in [0.2, 0.25) is 0 Å². The molecule has 5 nitrogen and oxygen atoms in total. The Morgan fingerprint density at radius 2 is 1.55 bits per heavy atom. The largest absolute Gasteiger partial charge is 0.478 e. The highest BCUT2D eigenvalue weighted by atomic mass is 16.4. The summed E-state index contributed by atoms with van der Waals surface area (Å²) in [5.41, 5.74) is 7.47. The maximum Gasteiger partial charge on any atom is 0.336 e. The van der Waals surface area contributed by atoms with Crippen LogP contribution in [0.1, 0.15) is 26.3 Å². The van der Waals surface area contributed by atoms with E-state index in [0.29, 0.717) is 12.1 Å². The van der Waals surface area contributed by atoms with E-state index in [1.807, 2.05) is 24.3 Å². The van der Waals surface area contributed by atoms with Gasteiger partial charge < -0.3 is 15.9 Å². The summed E-state index contributed by atoms with van der Waals surface area (Å²) in [6.07, 6.45) is 0. The van der Waals surface area contributed by atoms with Gasteiger partial charge in [0, 0.05) is 6.54 Å². The Morgan fingerprint density at radius 3 is 2.15 bits per heavy atom. The number of benzene rings is 2. The van der Waals surface area contributed by atoms with Crippen LogP contribution >= 0.6 is 0 Å². The topological polar surface area (TPSA) is 101 Å². The summed E-state index contributed by atoms with van der Waals surface area (Å²) in [5.74, 6) is -2.52. The molecule has 0 fully saturated rings. The summed E-state index contributed by atoms with van der Waals surface area (Å²) in [4.78, 5) is 22.1. The number of carboxylic acid groups (broad SMARTS) is 2. The second-order valence-electron chi connectivity index (χ2n) is 4.28. The van der Waals surface area contributed by atoms with Crippen molar-refractivity contribution in [2.75, 3.05) is 0 Å². The molecule has 0 aliphatic rings. The van der Waals surface area contributed by atoms with Crippen molar-refractivity contribution in [3.63, 3.8) is 0 Å². The first-order valence-electron chi connectivity index (χ1n) is 5.93. The molecule has 5 heteroatoms. The van der Waals surface area contributed by atoms with Gasteiger partial charge in [0.25, 0.3) is 0 Å². The van der Waals surface area contributed by atoms with Gasteiger partial charge >= 0.3 is 11.9 Å². The molecule has 0 unspecified atom stereocenters. The monoisotopic (exact) mass is 271 g/mol. The first kappa shape index (κ1) is 13.8. The molecule has 0 radical (unpaired) electrons. The molecule has 0 aliphatic carbocycles. The Kier molecular flexibility index (Phi) is 3.81. The number of carbonyl (C=O) groups is 2. The molecule has 2 aromatic carbocycles. The van der Waals surface area contributed by atoms with Crippen LogP contribution in [0.5, 0.6) is 0 Å². The third-order valence-corrected chi connectivity index (χ3v) is 2.98. The number of rotatable bonds is 4. The van der Waals surface area contributed by atoms with Crippen molar-refractivity contribution >= 4 is 11.9 Å². The van der Waals surface area contributed by atoms with E-state index in [2.05, 4.69) is 0 Å². The minimum atomic E-state index is -1.26. The first-order valence-corrected chi connectivity index (χ1v) is 5.93. The van der Waals surface area contributed by atoms with E-state index in [4.69, 9.17) is 15.9 Å². The Bertz CT molecular complexity index is 679. The van der Waals surface area contributed by atoms with E-state index >= 15 is 0 Å². The van der Waals surface area contributed by atoms with E-state index in [-0.39, 0.29) is 11.1 Å². The fourth-order valence-electron chi connectivity index (χ4n) is 1.97. The van der Waals surface area contributed by atoms with Gasteiger partial charge in [0.15, 0.2) is 0 Å². The second-order valence-corrected chi connectivity index (χ2v) is 4.28. The molecule has 2 aromatic rings. The number of hydrogen-bond acceptors (Lipinski definition) is 3. The van der Waals surface area contributed by atoms with E-state index in [9.17, 15) is 9.59 Å². The fourth-order valence-corrected chi connectivity index (χ4v) is 1.97. The zero-order valence-corrected chi connectivity index (χ0v) is 10.5.